The number of nitrogens with zero attached hydrogens (tertiary/aromatic N) is 1. The van der Waals surface area contributed by atoms with E-state index >= 15 is 0 Å². The first-order valence-electron chi connectivity index (χ1n) is 3.97. The van der Waals surface area contributed by atoms with Crippen molar-refractivity contribution in [3.8, 4) is 0 Å². The van der Waals surface area contributed by atoms with Gasteiger partial charge in [0.1, 0.15) is 0 Å². The van der Waals surface area contributed by atoms with E-state index in [1.807, 2.05) is 0 Å². The van der Waals surface area contributed by atoms with Crippen LogP contribution in [0, 0.1) is 0 Å². The second-order valence-corrected chi connectivity index (χ2v) is 3.16. The molecule has 1 aliphatic heterocycles. The van der Waals surface area contributed by atoms with Gasteiger partial charge in [-0.2, -0.15) is 13.2 Å². The Morgan fingerprint density at radius 1 is 1.50 bits per heavy atom. The molecule has 0 spiro atoms. The van der Waals surface area contributed by atoms with Gasteiger partial charge in [0.15, 0.2) is 0 Å². The number of hydrogen-bond acceptors (Lipinski definition) is 2. The summed E-state index contributed by atoms with van der Waals surface area (Å²) in [4.78, 5) is 1.75. The number of halogens is 3. The van der Waals surface area contributed by atoms with Gasteiger partial charge >= 0.3 is 6.18 Å². The molecule has 0 saturated carbocycles. The van der Waals surface area contributed by atoms with Crippen molar-refractivity contribution in [1.82, 2.24) is 10.2 Å². The maximum atomic E-state index is 12.0. The summed E-state index contributed by atoms with van der Waals surface area (Å²) < 4.78 is 35.9. The molecule has 0 bridgehead atoms. The molecule has 72 valence electrons. The summed E-state index contributed by atoms with van der Waals surface area (Å²) >= 11 is 0. The lowest BCUT2D eigenvalue weighted by molar-refractivity contribution is -0.147. The number of likely N-dealkylation sites (N-methyl/N-ethyl adjacent to an activating group) is 1. The van der Waals surface area contributed by atoms with Gasteiger partial charge in [-0.25, -0.2) is 0 Å². The van der Waals surface area contributed by atoms with Crippen molar-refractivity contribution < 1.29 is 13.2 Å². The molecule has 1 aliphatic rings. The van der Waals surface area contributed by atoms with Crippen LogP contribution >= 0.6 is 0 Å². The van der Waals surface area contributed by atoms with Gasteiger partial charge in [-0.3, -0.25) is 0 Å². The van der Waals surface area contributed by atoms with Crippen LogP contribution in [-0.4, -0.2) is 43.8 Å². The van der Waals surface area contributed by atoms with Gasteiger partial charge in [0.05, 0.1) is 6.42 Å². The Kier molecular flexibility index (Phi) is 2.95. The van der Waals surface area contributed by atoms with Gasteiger partial charge in [0, 0.05) is 25.7 Å². The molecule has 1 unspecified atom stereocenters. The van der Waals surface area contributed by atoms with E-state index in [9.17, 15) is 13.2 Å². The minimum absolute atomic E-state index is 0.390. The number of piperazine rings is 1. The molecule has 2 nitrogen and oxygen atoms in total. The molecule has 1 fully saturated rings. The average Bonchev–Trinajstić information content (AvgIpc) is 1.91. The monoisotopic (exact) mass is 182 g/mol. The summed E-state index contributed by atoms with van der Waals surface area (Å²) in [6.07, 6.45) is -4.76. The molecule has 1 saturated heterocycles. The fourth-order valence-electron chi connectivity index (χ4n) is 1.36. The molecule has 0 aromatic carbocycles. The fourth-order valence-corrected chi connectivity index (χ4v) is 1.36. The lowest BCUT2D eigenvalue weighted by Crippen LogP contribution is -2.50. The Morgan fingerprint density at radius 3 is 2.67 bits per heavy atom. The summed E-state index contributed by atoms with van der Waals surface area (Å²) in [5, 5.41) is 2.95. The van der Waals surface area contributed by atoms with Crippen LogP contribution in [0.4, 0.5) is 13.2 Å². The predicted octanol–water partition coefficient (Wildman–Crippen LogP) is 0.842. The van der Waals surface area contributed by atoms with Crippen molar-refractivity contribution in [2.45, 2.75) is 18.6 Å². The van der Waals surface area contributed by atoms with Crippen LogP contribution in [0.5, 0.6) is 0 Å². The molecule has 0 radical (unpaired) electrons. The quantitative estimate of drug-likeness (QED) is 0.646. The Labute approximate surface area is 69.7 Å². The largest absolute Gasteiger partial charge is 0.390 e. The molecule has 0 aromatic rings. The molecule has 12 heavy (non-hydrogen) atoms. The highest BCUT2D eigenvalue weighted by atomic mass is 19.4. The van der Waals surface area contributed by atoms with Crippen molar-refractivity contribution in [3.63, 3.8) is 0 Å². The van der Waals surface area contributed by atoms with Crippen molar-refractivity contribution in [1.29, 1.82) is 0 Å². The molecule has 1 atom stereocenters. The topological polar surface area (TPSA) is 15.3 Å². The van der Waals surface area contributed by atoms with Gasteiger partial charge < -0.3 is 10.2 Å². The number of hydrogen-bond donors (Lipinski definition) is 1. The minimum Gasteiger partial charge on any atom is -0.314 e. The Morgan fingerprint density at radius 2 is 2.17 bits per heavy atom. The lowest BCUT2D eigenvalue weighted by Gasteiger charge is -2.33. The summed E-state index contributed by atoms with van der Waals surface area (Å²) in [6.45, 7) is 1.92. The fraction of sp³-hybridized carbons (Fsp3) is 1.00. The highest BCUT2D eigenvalue weighted by molar-refractivity contribution is 4.79. The van der Waals surface area contributed by atoms with Crippen molar-refractivity contribution in [3.05, 3.63) is 0 Å². The Hall–Kier alpha value is -0.290. The molecule has 5 heteroatoms. The highest BCUT2D eigenvalue weighted by Gasteiger charge is 2.34. The van der Waals surface area contributed by atoms with E-state index in [1.165, 1.54) is 0 Å². The van der Waals surface area contributed by atoms with Crippen LogP contribution in [0.1, 0.15) is 6.42 Å². The summed E-state index contributed by atoms with van der Waals surface area (Å²) in [6, 6.07) is -0.390. The third kappa shape index (κ3) is 2.98. The Bertz CT molecular complexity index is 146. The zero-order chi connectivity index (χ0) is 9.19. The third-order valence-electron chi connectivity index (χ3n) is 2.11. The van der Waals surface area contributed by atoms with E-state index in [2.05, 4.69) is 5.32 Å². The van der Waals surface area contributed by atoms with Crippen LogP contribution in [-0.2, 0) is 0 Å². The molecular formula is C7H13F3N2. The maximum absolute atomic E-state index is 12.0. The normalized spacial score (nSPS) is 27.5. The highest BCUT2D eigenvalue weighted by Crippen LogP contribution is 2.23. The van der Waals surface area contributed by atoms with E-state index in [4.69, 9.17) is 0 Å². The van der Waals surface area contributed by atoms with Crippen LogP contribution in [0.25, 0.3) is 0 Å². The van der Waals surface area contributed by atoms with Crippen molar-refractivity contribution in [2.75, 3.05) is 26.7 Å². The van der Waals surface area contributed by atoms with E-state index in [0.717, 1.165) is 6.54 Å². The predicted molar refractivity (Wildman–Crippen MR) is 40.0 cm³/mol. The zero-order valence-corrected chi connectivity index (χ0v) is 6.99. The van der Waals surface area contributed by atoms with Crippen LogP contribution < -0.4 is 5.32 Å². The van der Waals surface area contributed by atoms with Gasteiger partial charge in [0.2, 0.25) is 0 Å². The van der Waals surface area contributed by atoms with E-state index in [0.29, 0.717) is 13.1 Å². The van der Waals surface area contributed by atoms with Gasteiger partial charge in [-0.05, 0) is 7.05 Å². The van der Waals surface area contributed by atoms with E-state index in [-0.39, 0.29) is 0 Å². The molecule has 0 amide bonds. The van der Waals surface area contributed by atoms with Crippen LogP contribution in [0.2, 0.25) is 0 Å². The molecular weight excluding hydrogens is 169 g/mol. The number of alkyl halides is 3. The molecule has 0 aliphatic carbocycles. The summed E-state index contributed by atoms with van der Waals surface area (Å²) in [5.74, 6) is 0. The first-order valence-corrected chi connectivity index (χ1v) is 3.97. The first-order chi connectivity index (χ1) is 5.49. The molecule has 1 rings (SSSR count). The smallest absolute Gasteiger partial charge is 0.314 e. The third-order valence-corrected chi connectivity index (χ3v) is 2.11. The SMILES string of the molecule is CN1CCNCC1CC(F)(F)F. The van der Waals surface area contributed by atoms with E-state index < -0.39 is 18.6 Å². The number of rotatable bonds is 1. The molecule has 0 aromatic heterocycles. The minimum atomic E-state index is -4.04. The van der Waals surface area contributed by atoms with Crippen molar-refractivity contribution in [2.24, 2.45) is 0 Å². The summed E-state index contributed by atoms with van der Waals surface area (Å²) in [5.41, 5.74) is 0. The van der Waals surface area contributed by atoms with Crippen LogP contribution in [0.15, 0.2) is 0 Å². The van der Waals surface area contributed by atoms with Gasteiger partial charge in [-0.15, -0.1) is 0 Å². The first kappa shape index (κ1) is 9.80. The van der Waals surface area contributed by atoms with Crippen LogP contribution in [0.3, 0.4) is 0 Å². The van der Waals surface area contributed by atoms with Crippen molar-refractivity contribution >= 4 is 0 Å². The maximum Gasteiger partial charge on any atom is 0.390 e. The standard InChI is InChI=1S/C7H13F3N2/c1-12-3-2-11-5-6(12)4-7(8,9)10/h6,11H,2-5H2,1H3. The molecule has 1 N–H and O–H groups in total. The second-order valence-electron chi connectivity index (χ2n) is 3.16. The number of nitrogens with one attached hydrogen (secondary N) is 1. The zero-order valence-electron chi connectivity index (χ0n) is 6.99. The molecule has 1 heterocycles. The lowest BCUT2D eigenvalue weighted by atomic mass is 10.1. The van der Waals surface area contributed by atoms with Gasteiger partial charge in [-0.1, -0.05) is 0 Å². The second kappa shape index (κ2) is 3.62. The van der Waals surface area contributed by atoms with Gasteiger partial charge in [0.25, 0.3) is 0 Å². The van der Waals surface area contributed by atoms with E-state index in [1.54, 1.807) is 11.9 Å². The Balaban J connectivity index is 2.39. The average molecular weight is 182 g/mol. The summed E-state index contributed by atoms with van der Waals surface area (Å²) in [7, 11) is 1.73.